The highest BCUT2D eigenvalue weighted by atomic mass is 32.1. The lowest BCUT2D eigenvalue weighted by Crippen LogP contribution is -2.32. The quantitative estimate of drug-likeness (QED) is 0.920. The first-order valence-corrected chi connectivity index (χ1v) is 7.66. The Balaban J connectivity index is 2.00. The first kappa shape index (κ1) is 12.9. The number of nitrogens with zero attached hydrogens (tertiary/aromatic N) is 1. The van der Waals surface area contributed by atoms with Crippen molar-refractivity contribution in [1.82, 2.24) is 10.3 Å². The van der Waals surface area contributed by atoms with Gasteiger partial charge >= 0.3 is 0 Å². The number of hydrogen-bond donors (Lipinski definition) is 1. The van der Waals surface area contributed by atoms with Crippen LogP contribution in [0.5, 0.6) is 0 Å². The molecule has 19 heavy (non-hydrogen) atoms. The van der Waals surface area contributed by atoms with Crippen molar-refractivity contribution in [2.75, 3.05) is 6.54 Å². The molecule has 0 spiro atoms. The van der Waals surface area contributed by atoms with Gasteiger partial charge in [-0.25, -0.2) is 4.98 Å². The molecule has 1 aliphatic carbocycles. The van der Waals surface area contributed by atoms with Gasteiger partial charge in [-0.2, -0.15) is 0 Å². The molecular weight excluding hydrogens is 256 g/mol. The van der Waals surface area contributed by atoms with E-state index in [4.69, 9.17) is 9.40 Å². The summed E-state index contributed by atoms with van der Waals surface area (Å²) in [5.41, 5.74) is 2.68. The van der Waals surface area contributed by atoms with Gasteiger partial charge in [0.15, 0.2) is 0 Å². The van der Waals surface area contributed by atoms with Gasteiger partial charge in [0.2, 0.25) is 0 Å². The second-order valence-corrected chi connectivity index (χ2v) is 7.03. The minimum atomic E-state index is 0.321. The molecule has 2 heterocycles. The van der Waals surface area contributed by atoms with Gasteiger partial charge in [-0.05, 0) is 30.9 Å². The lowest BCUT2D eigenvalue weighted by atomic mass is 9.76. The highest BCUT2D eigenvalue weighted by Gasteiger charge is 2.34. The maximum absolute atomic E-state index is 5.17. The van der Waals surface area contributed by atoms with Gasteiger partial charge in [-0.15, -0.1) is 11.3 Å². The normalized spacial score (nSPS) is 21.3. The van der Waals surface area contributed by atoms with E-state index in [1.54, 1.807) is 12.5 Å². The van der Waals surface area contributed by atoms with Crippen LogP contribution in [0.2, 0.25) is 0 Å². The molecular formula is C15H20N2OS. The fourth-order valence-corrected chi connectivity index (χ4v) is 4.00. The molecule has 0 bridgehead atoms. The van der Waals surface area contributed by atoms with Crippen molar-refractivity contribution >= 4 is 11.3 Å². The van der Waals surface area contributed by atoms with E-state index in [1.807, 2.05) is 17.4 Å². The van der Waals surface area contributed by atoms with Gasteiger partial charge in [0.05, 0.1) is 12.0 Å². The fraction of sp³-hybridized carbons (Fsp3) is 0.533. The Morgan fingerprint density at radius 2 is 2.37 bits per heavy atom. The average Bonchev–Trinajstić information content (AvgIpc) is 2.94. The summed E-state index contributed by atoms with van der Waals surface area (Å²) in [6, 6.07) is 2.43. The van der Waals surface area contributed by atoms with Crippen LogP contribution in [0.4, 0.5) is 0 Å². The third kappa shape index (κ3) is 2.47. The predicted molar refractivity (Wildman–Crippen MR) is 78.3 cm³/mol. The van der Waals surface area contributed by atoms with Crippen molar-refractivity contribution in [3.05, 3.63) is 29.2 Å². The van der Waals surface area contributed by atoms with Crippen LogP contribution < -0.4 is 5.32 Å². The molecule has 2 aromatic rings. The lowest BCUT2D eigenvalue weighted by Gasteiger charge is -2.34. The van der Waals surface area contributed by atoms with E-state index in [9.17, 15) is 0 Å². The number of rotatable bonds is 3. The van der Waals surface area contributed by atoms with Gasteiger partial charge in [0, 0.05) is 16.5 Å². The zero-order chi connectivity index (χ0) is 13.5. The van der Waals surface area contributed by atoms with Crippen LogP contribution in [-0.2, 0) is 6.42 Å². The van der Waals surface area contributed by atoms with E-state index in [1.165, 1.54) is 17.0 Å². The zero-order valence-electron chi connectivity index (χ0n) is 11.7. The fourth-order valence-electron chi connectivity index (χ4n) is 2.85. The van der Waals surface area contributed by atoms with Gasteiger partial charge in [0.25, 0.3) is 0 Å². The summed E-state index contributed by atoms with van der Waals surface area (Å²) in [6.07, 6.45) is 5.73. The van der Waals surface area contributed by atoms with Crippen molar-refractivity contribution < 1.29 is 4.42 Å². The van der Waals surface area contributed by atoms with E-state index in [2.05, 4.69) is 26.1 Å². The molecule has 4 heteroatoms. The SMILES string of the molecule is CCNC1CC(C)(C)Cc2nc(-c3ccoc3)sc21. The van der Waals surface area contributed by atoms with E-state index >= 15 is 0 Å². The predicted octanol–water partition coefficient (Wildman–Crippen LogP) is 4.03. The molecule has 2 aromatic heterocycles. The Morgan fingerprint density at radius 1 is 1.53 bits per heavy atom. The first-order valence-electron chi connectivity index (χ1n) is 6.84. The highest BCUT2D eigenvalue weighted by Crippen LogP contribution is 2.44. The molecule has 1 atom stereocenters. The molecule has 1 N–H and O–H groups in total. The van der Waals surface area contributed by atoms with Gasteiger partial charge < -0.3 is 9.73 Å². The summed E-state index contributed by atoms with van der Waals surface area (Å²) >= 11 is 1.81. The molecule has 0 saturated carbocycles. The molecule has 1 aliphatic rings. The van der Waals surface area contributed by atoms with E-state index in [-0.39, 0.29) is 0 Å². The van der Waals surface area contributed by atoms with Gasteiger partial charge in [-0.1, -0.05) is 20.8 Å². The second-order valence-electron chi connectivity index (χ2n) is 6.00. The van der Waals surface area contributed by atoms with Crippen LogP contribution in [0.1, 0.15) is 43.8 Å². The van der Waals surface area contributed by atoms with E-state index in [0.717, 1.165) is 23.5 Å². The summed E-state index contributed by atoms with van der Waals surface area (Å²) < 4.78 is 5.17. The zero-order valence-corrected chi connectivity index (χ0v) is 12.5. The van der Waals surface area contributed by atoms with Crippen molar-refractivity contribution in [1.29, 1.82) is 0 Å². The molecule has 0 radical (unpaired) electrons. The third-order valence-corrected chi connectivity index (χ3v) is 4.93. The third-order valence-electron chi connectivity index (χ3n) is 3.67. The van der Waals surface area contributed by atoms with Gasteiger partial charge in [-0.3, -0.25) is 0 Å². The van der Waals surface area contributed by atoms with Crippen molar-refractivity contribution in [3.63, 3.8) is 0 Å². The Bertz CT molecular complexity index is 557. The van der Waals surface area contributed by atoms with Crippen LogP contribution >= 0.6 is 11.3 Å². The summed E-state index contributed by atoms with van der Waals surface area (Å²) in [6.45, 7) is 7.83. The highest BCUT2D eigenvalue weighted by molar-refractivity contribution is 7.15. The Morgan fingerprint density at radius 3 is 3.05 bits per heavy atom. The van der Waals surface area contributed by atoms with Crippen LogP contribution in [0, 0.1) is 5.41 Å². The van der Waals surface area contributed by atoms with Crippen molar-refractivity contribution in [2.45, 2.75) is 39.7 Å². The largest absolute Gasteiger partial charge is 0.472 e. The summed E-state index contributed by atoms with van der Waals surface area (Å²) in [4.78, 5) is 6.25. The summed E-state index contributed by atoms with van der Waals surface area (Å²) in [5.74, 6) is 0. The lowest BCUT2D eigenvalue weighted by molar-refractivity contribution is 0.260. The molecule has 0 amide bonds. The van der Waals surface area contributed by atoms with Crippen LogP contribution in [0.3, 0.4) is 0 Å². The number of thiazole rings is 1. The van der Waals surface area contributed by atoms with Crippen molar-refractivity contribution in [3.8, 4) is 10.6 Å². The number of hydrogen-bond acceptors (Lipinski definition) is 4. The number of nitrogens with one attached hydrogen (secondary N) is 1. The second kappa shape index (κ2) is 4.76. The first-order chi connectivity index (χ1) is 9.09. The molecule has 0 aliphatic heterocycles. The van der Waals surface area contributed by atoms with Crippen LogP contribution in [-0.4, -0.2) is 11.5 Å². The Labute approximate surface area is 118 Å². The molecule has 0 saturated heterocycles. The standard InChI is InChI=1S/C15H20N2OS/c1-4-16-11-7-15(2,3)8-12-13(11)19-14(17-12)10-5-6-18-9-10/h5-6,9,11,16H,4,7-8H2,1-3H3. The maximum atomic E-state index is 5.17. The topological polar surface area (TPSA) is 38.1 Å². The number of aromatic nitrogens is 1. The summed E-state index contributed by atoms with van der Waals surface area (Å²) in [5, 5.41) is 4.68. The van der Waals surface area contributed by atoms with Crippen molar-refractivity contribution in [2.24, 2.45) is 5.41 Å². The minimum Gasteiger partial charge on any atom is -0.472 e. The maximum Gasteiger partial charge on any atom is 0.127 e. The molecule has 0 fully saturated rings. The monoisotopic (exact) mass is 276 g/mol. The molecule has 3 rings (SSSR count). The van der Waals surface area contributed by atoms with Crippen LogP contribution in [0.25, 0.3) is 10.6 Å². The minimum absolute atomic E-state index is 0.321. The van der Waals surface area contributed by atoms with E-state index < -0.39 is 0 Å². The Kier molecular flexibility index (Phi) is 3.23. The molecule has 1 unspecified atom stereocenters. The average molecular weight is 276 g/mol. The van der Waals surface area contributed by atoms with Gasteiger partial charge in [0.1, 0.15) is 11.3 Å². The molecule has 0 aromatic carbocycles. The van der Waals surface area contributed by atoms with E-state index in [0.29, 0.717) is 11.5 Å². The van der Waals surface area contributed by atoms with Crippen LogP contribution in [0.15, 0.2) is 23.0 Å². The number of furan rings is 1. The Hall–Kier alpha value is -1.13. The number of fused-ring (bicyclic) bond motifs is 1. The molecule has 102 valence electrons. The summed E-state index contributed by atoms with van der Waals surface area (Å²) in [7, 11) is 0. The smallest absolute Gasteiger partial charge is 0.127 e. The molecule has 3 nitrogen and oxygen atoms in total.